The van der Waals surface area contributed by atoms with Gasteiger partial charge in [-0.15, -0.1) is 0 Å². The number of anilines is 1. The molecule has 6 nitrogen and oxygen atoms in total. The van der Waals surface area contributed by atoms with Crippen LogP contribution in [0.25, 0.3) is 0 Å². The number of hydrogen-bond acceptors (Lipinski definition) is 4. The molecule has 154 valence electrons. The molecule has 4 aliphatic rings. The SMILES string of the molecule is O=C(NCC1CC2CCN1CC2CN1CCOCC1)Nc1ccc(F)cc1F. The maximum absolute atomic E-state index is 13.7. The van der Waals surface area contributed by atoms with Crippen molar-refractivity contribution >= 4 is 11.7 Å². The molecule has 0 spiro atoms. The Balaban J connectivity index is 1.24. The number of morpholine rings is 1. The van der Waals surface area contributed by atoms with Gasteiger partial charge in [0.25, 0.3) is 0 Å². The van der Waals surface area contributed by atoms with Crippen LogP contribution in [0.4, 0.5) is 19.3 Å². The van der Waals surface area contributed by atoms with Gasteiger partial charge in [0, 0.05) is 44.8 Å². The van der Waals surface area contributed by atoms with Crippen LogP contribution in [0.3, 0.4) is 0 Å². The maximum atomic E-state index is 13.7. The number of nitrogens with one attached hydrogen (secondary N) is 2. The van der Waals surface area contributed by atoms with Gasteiger partial charge in [-0.2, -0.15) is 0 Å². The summed E-state index contributed by atoms with van der Waals surface area (Å²) in [5.41, 5.74) is -0.0186. The minimum Gasteiger partial charge on any atom is -0.379 e. The van der Waals surface area contributed by atoms with Gasteiger partial charge in [-0.25, -0.2) is 13.6 Å². The first-order chi connectivity index (χ1) is 13.6. The van der Waals surface area contributed by atoms with Gasteiger partial charge in [0.15, 0.2) is 0 Å². The number of carbonyl (C=O) groups is 1. The lowest BCUT2D eigenvalue weighted by Gasteiger charge is -2.51. The molecule has 0 aliphatic carbocycles. The Bertz CT molecular complexity index is 699. The van der Waals surface area contributed by atoms with Crippen LogP contribution in [0.15, 0.2) is 18.2 Å². The maximum Gasteiger partial charge on any atom is 0.319 e. The van der Waals surface area contributed by atoms with Crippen LogP contribution < -0.4 is 10.6 Å². The van der Waals surface area contributed by atoms with Crippen molar-refractivity contribution in [3.63, 3.8) is 0 Å². The summed E-state index contributed by atoms with van der Waals surface area (Å²) in [6, 6.07) is 2.98. The highest BCUT2D eigenvalue weighted by molar-refractivity contribution is 5.89. The summed E-state index contributed by atoms with van der Waals surface area (Å²) in [5.74, 6) is -0.0646. The molecule has 28 heavy (non-hydrogen) atoms. The van der Waals surface area contributed by atoms with Crippen LogP contribution in [-0.2, 0) is 4.74 Å². The fourth-order valence-electron chi connectivity index (χ4n) is 4.75. The fraction of sp³-hybridized carbons (Fsp3) is 0.650. The quantitative estimate of drug-likeness (QED) is 0.804. The van der Waals surface area contributed by atoms with Gasteiger partial charge < -0.3 is 15.4 Å². The number of benzene rings is 1. The van der Waals surface area contributed by atoms with Crippen molar-refractivity contribution in [3.05, 3.63) is 29.8 Å². The Morgan fingerprint density at radius 3 is 2.75 bits per heavy atom. The van der Waals surface area contributed by atoms with Crippen LogP contribution in [-0.4, -0.2) is 74.4 Å². The number of halogens is 2. The first-order valence-corrected chi connectivity index (χ1v) is 10.1. The first kappa shape index (κ1) is 19.5. The molecule has 0 saturated carbocycles. The molecule has 2 amide bonds. The first-order valence-electron chi connectivity index (χ1n) is 10.1. The van der Waals surface area contributed by atoms with Crippen molar-refractivity contribution in [2.24, 2.45) is 11.8 Å². The topological polar surface area (TPSA) is 56.8 Å². The third-order valence-electron chi connectivity index (χ3n) is 6.29. The Morgan fingerprint density at radius 2 is 2.04 bits per heavy atom. The average Bonchev–Trinajstić information content (AvgIpc) is 2.70. The number of urea groups is 1. The molecule has 4 unspecified atom stereocenters. The number of rotatable bonds is 5. The van der Waals surface area contributed by atoms with Gasteiger partial charge in [0.05, 0.1) is 18.9 Å². The summed E-state index contributed by atoms with van der Waals surface area (Å²) in [4.78, 5) is 17.1. The normalized spacial score (nSPS) is 30.2. The molecule has 8 heteroatoms. The van der Waals surface area contributed by atoms with Gasteiger partial charge in [0.1, 0.15) is 11.6 Å². The standard InChI is InChI=1S/C20H28F2N4O2/c21-16-1-2-19(18(22)10-16)24-20(27)23-11-17-9-14-3-4-26(17)13-15(14)12-25-5-7-28-8-6-25/h1-2,10,14-15,17H,3-9,11-13H2,(H2,23,24,27). The third-order valence-corrected chi connectivity index (χ3v) is 6.29. The second kappa shape index (κ2) is 8.71. The van der Waals surface area contributed by atoms with E-state index in [1.54, 1.807) is 0 Å². The van der Waals surface area contributed by atoms with E-state index in [9.17, 15) is 13.6 Å². The minimum absolute atomic E-state index is 0.0186. The predicted octanol–water partition coefficient (Wildman–Crippen LogP) is 2.13. The molecule has 0 radical (unpaired) electrons. The van der Waals surface area contributed by atoms with Crippen LogP contribution in [0.5, 0.6) is 0 Å². The lowest BCUT2D eigenvalue weighted by atomic mass is 9.75. The molecule has 4 fully saturated rings. The molecule has 2 bridgehead atoms. The molecular formula is C20H28F2N4O2. The third kappa shape index (κ3) is 4.61. The zero-order valence-corrected chi connectivity index (χ0v) is 16.0. The molecule has 2 N–H and O–H groups in total. The number of ether oxygens (including phenoxy) is 1. The molecule has 4 atom stereocenters. The second-order valence-electron chi connectivity index (χ2n) is 8.07. The van der Waals surface area contributed by atoms with Crippen molar-refractivity contribution in [1.29, 1.82) is 0 Å². The number of carbonyl (C=O) groups excluding carboxylic acids is 1. The number of fused-ring (bicyclic) bond motifs is 3. The lowest BCUT2D eigenvalue weighted by molar-refractivity contribution is -0.0289. The Hall–Kier alpha value is -1.77. The van der Waals surface area contributed by atoms with Crippen molar-refractivity contribution in [2.75, 3.05) is 57.8 Å². The molecule has 4 saturated heterocycles. The van der Waals surface area contributed by atoms with Crippen LogP contribution >= 0.6 is 0 Å². The van der Waals surface area contributed by atoms with Gasteiger partial charge in [-0.05, 0) is 43.4 Å². The van der Waals surface area contributed by atoms with Gasteiger partial charge in [0.2, 0.25) is 0 Å². The average molecular weight is 394 g/mol. The highest BCUT2D eigenvalue weighted by atomic mass is 19.1. The molecule has 0 aromatic heterocycles. The number of amides is 2. The molecule has 1 aromatic rings. The zero-order valence-electron chi connectivity index (χ0n) is 16.0. The van der Waals surface area contributed by atoms with E-state index >= 15 is 0 Å². The summed E-state index contributed by atoms with van der Waals surface area (Å²) < 4.78 is 32.1. The number of piperidine rings is 3. The number of hydrogen-bond donors (Lipinski definition) is 2. The smallest absolute Gasteiger partial charge is 0.319 e. The summed E-state index contributed by atoms with van der Waals surface area (Å²) in [6.07, 6.45) is 2.30. The van der Waals surface area contributed by atoms with E-state index in [2.05, 4.69) is 20.4 Å². The fourth-order valence-corrected chi connectivity index (χ4v) is 4.75. The van der Waals surface area contributed by atoms with E-state index in [-0.39, 0.29) is 5.69 Å². The van der Waals surface area contributed by atoms with Crippen LogP contribution in [0.2, 0.25) is 0 Å². The largest absolute Gasteiger partial charge is 0.379 e. The molecular weight excluding hydrogens is 366 g/mol. The van der Waals surface area contributed by atoms with Gasteiger partial charge >= 0.3 is 6.03 Å². The van der Waals surface area contributed by atoms with Crippen LogP contribution in [0, 0.1) is 23.5 Å². The van der Waals surface area contributed by atoms with Gasteiger partial charge in [-0.1, -0.05) is 0 Å². The lowest BCUT2D eigenvalue weighted by Crippen LogP contribution is -2.59. The summed E-state index contributed by atoms with van der Waals surface area (Å²) in [5, 5.41) is 5.30. The van der Waals surface area contributed by atoms with E-state index in [0.717, 1.165) is 64.5 Å². The molecule has 4 heterocycles. The minimum atomic E-state index is -0.776. The van der Waals surface area contributed by atoms with Crippen molar-refractivity contribution in [1.82, 2.24) is 15.1 Å². The van der Waals surface area contributed by atoms with E-state index in [1.807, 2.05) is 0 Å². The second-order valence-corrected chi connectivity index (χ2v) is 8.07. The summed E-state index contributed by atoms with van der Waals surface area (Å²) in [7, 11) is 0. The summed E-state index contributed by atoms with van der Waals surface area (Å²) in [6.45, 7) is 7.52. The number of nitrogens with zero attached hydrogens (tertiary/aromatic N) is 2. The molecule has 4 aliphatic heterocycles. The van der Waals surface area contributed by atoms with Crippen molar-refractivity contribution < 1.29 is 18.3 Å². The van der Waals surface area contributed by atoms with Gasteiger partial charge in [-0.3, -0.25) is 9.80 Å². The van der Waals surface area contributed by atoms with Crippen LogP contribution in [0.1, 0.15) is 12.8 Å². The Labute approximate surface area is 164 Å². The molecule has 5 rings (SSSR count). The van der Waals surface area contributed by atoms with E-state index in [1.165, 1.54) is 12.5 Å². The zero-order chi connectivity index (χ0) is 19.5. The van der Waals surface area contributed by atoms with E-state index in [4.69, 9.17) is 4.74 Å². The summed E-state index contributed by atoms with van der Waals surface area (Å²) >= 11 is 0. The Morgan fingerprint density at radius 1 is 1.21 bits per heavy atom. The van der Waals surface area contributed by atoms with E-state index in [0.29, 0.717) is 24.4 Å². The van der Waals surface area contributed by atoms with Crippen molar-refractivity contribution in [3.8, 4) is 0 Å². The highest BCUT2D eigenvalue weighted by Gasteiger charge is 2.40. The van der Waals surface area contributed by atoms with E-state index < -0.39 is 17.7 Å². The highest BCUT2D eigenvalue weighted by Crippen LogP contribution is 2.36. The van der Waals surface area contributed by atoms with Crippen molar-refractivity contribution in [2.45, 2.75) is 18.9 Å². The predicted molar refractivity (Wildman–Crippen MR) is 102 cm³/mol. The monoisotopic (exact) mass is 394 g/mol. The molecule has 1 aromatic carbocycles. The Kier molecular flexibility index (Phi) is 6.08.